The maximum Gasteiger partial charge on any atom is 0.409 e. The fourth-order valence-corrected chi connectivity index (χ4v) is 1.85. The Labute approximate surface area is 110 Å². The van der Waals surface area contributed by atoms with Gasteiger partial charge in [-0.2, -0.15) is 0 Å². The largest absolute Gasteiger partial charge is 0.450 e. The Bertz CT molecular complexity index is 320. The van der Waals surface area contributed by atoms with Crippen LogP contribution in [-0.4, -0.2) is 67.1 Å². The SMILES string of the molecule is CCOC(=O)N1CCN(C(=O)[C@@H](N)CC(F)F)CC1. The molecule has 6 nitrogen and oxygen atoms in total. The standard InChI is InChI=1S/C11H19F2N3O3/c1-2-19-11(18)16-5-3-15(4-6-16)10(17)8(14)7-9(12)13/h8-9H,2-7,14H2,1H3/t8-/m0/s1. The summed E-state index contributed by atoms with van der Waals surface area (Å²) in [4.78, 5) is 26.1. The summed E-state index contributed by atoms with van der Waals surface area (Å²) in [7, 11) is 0. The third-order valence-electron chi connectivity index (χ3n) is 2.87. The maximum atomic E-state index is 12.1. The second-order valence-electron chi connectivity index (χ2n) is 4.24. The number of hydrogen-bond acceptors (Lipinski definition) is 4. The molecule has 8 heteroatoms. The summed E-state index contributed by atoms with van der Waals surface area (Å²) >= 11 is 0. The van der Waals surface area contributed by atoms with E-state index in [-0.39, 0.29) is 19.7 Å². The molecule has 1 heterocycles. The van der Waals surface area contributed by atoms with Crippen LogP contribution in [0.4, 0.5) is 13.6 Å². The molecule has 0 aromatic carbocycles. The summed E-state index contributed by atoms with van der Waals surface area (Å²) in [5, 5.41) is 0. The zero-order chi connectivity index (χ0) is 14.4. The van der Waals surface area contributed by atoms with Crippen LogP contribution in [0.15, 0.2) is 0 Å². The quantitative estimate of drug-likeness (QED) is 0.801. The lowest BCUT2D eigenvalue weighted by Crippen LogP contribution is -2.54. The molecule has 1 rings (SSSR count). The fourth-order valence-electron chi connectivity index (χ4n) is 1.85. The fraction of sp³-hybridized carbons (Fsp3) is 0.818. The first-order chi connectivity index (χ1) is 8.95. The Morgan fingerprint density at radius 1 is 1.21 bits per heavy atom. The van der Waals surface area contributed by atoms with Crippen LogP contribution in [0.5, 0.6) is 0 Å². The van der Waals surface area contributed by atoms with E-state index < -0.39 is 30.9 Å². The van der Waals surface area contributed by atoms with E-state index in [2.05, 4.69) is 0 Å². The van der Waals surface area contributed by atoms with Crippen molar-refractivity contribution < 1.29 is 23.1 Å². The third-order valence-corrected chi connectivity index (χ3v) is 2.87. The average molecular weight is 279 g/mol. The third kappa shape index (κ3) is 4.62. The monoisotopic (exact) mass is 279 g/mol. The second-order valence-corrected chi connectivity index (χ2v) is 4.24. The van der Waals surface area contributed by atoms with Gasteiger partial charge in [-0.3, -0.25) is 4.79 Å². The van der Waals surface area contributed by atoms with E-state index in [0.717, 1.165) is 0 Å². The van der Waals surface area contributed by atoms with Crippen molar-refractivity contribution >= 4 is 12.0 Å². The molecule has 0 aromatic rings. The number of nitrogens with zero attached hydrogens (tertiary/aromatic N) is 2. The molecule has 0 unspecified atom stereocenters. The van der Waals surface area contributed by atoms with Crippen LogP contribution in [0.2, 0.25) is 0 Å². The molecule has 2 amide bonds. The van der Waals surface area contributed by atoms with Crippen molar-refractivity contribution in [3.05, 3.63) is 0 Å². The van der Waals surface area contributed by atoms with Crippen LogP contribution in [-0.2, 0) is 9.53 Å². The normalized spacial score (nSPS) is 17.5. The number of carbonyl (C=O) groups is 2. The number of amides is 2. The summed E-state index contributed by atoms with van der Waals surface area (Å²) in [6.07, 6.45) is -3.66. The minimum Gasteiger partial charge on any atom is -0.450 e. The highest BCUT2D eigenvalue weighted by Gasteiger charge is 2.28. The van der Waals surface area contributed by atoms with Crippen LogP contribution >= 0.6 is 0 Å². The van der Waals surface area contributed by atoms with Gasteiger partial charge in [0.05, 0.1) is 12.6 Å². The van der Waals surface area contributed by atoms with Gasteiger partial charge in [-0.25, -0.2) is 13.6 Å². The van der Waals surface area contributed by atoms with Crippen LogP contribution in [0.25, 0.3) is 0 Å². The van der Waals surface area contributed by atoms with E-state index in [4.69, 9.17) is 10.5 Å². The second kappa shape index (κ2) is 7.22. The number of piperazine rings is 1. The Morgan fingerprint density at radius 3 is 2.21 bits per heavy atom. The van der Waals surface area contributed by atoms with Gasteiger partial charge in [0, 0.05) is 32.6 Å². The summed E-state index contributed by atoms with van der Waals surface area (Å²) in [5.74, 6) is -0.496. The van der Waals surface area contributed by atoms with E-state index in [0.29, 0.717) is 13.1 Å². The zero-order valence-corrected chi connectivity index (χ0v) is 10.8. The highest BCUT2D eigenvalue weighted by atomic mass is 19.3. The number of carbonyl (C=O) groups excluding carboxylic acids is 2. The van der Waals surface area contributed by atoms with Crippen molar-refractivity contribution in [2.24, 2.45) is 5.73 Å². The van der Waals surface area contributed by atoms with Crippen LogP contribution in [0.3, 0.4) is 0 Å². The van der Waals surface area contributed by atoms with E-state index in [1.165, 1.54) is 9.80 Å². The molecule has 1 fully saturated rings. The lowest BCUT2D eigenvalue weighted by molar-refractivity contribution is -0.135. The van der Waals surface area contributed by atoms with Crippen molar-refractivity contribution in [1.29, 1.82) is 0 Å². The molecule has 1 aliphatic heterocycles. The zero-order valence-electron chi connectivity index (χ0n) is 10.8. The molecular weight excluding hydrogens is 260 g/mol. The van der Waals surface area contributed by atoms with Crippen molar-refractivity contribution in [3.8, 4) is 0 Å². The Hall–Kier alpha value is -1.44. The van der Waals surface area contributed by atoms with Gasteiger partial charge in [-0.1, -0.05) is 0 Å². The number of nitrogens with two attached hydrogens (primary N) is 1. The molecule has 0 radical (unpaired) electrons. The Kier molecular flexibility index (Phi) is 5.94. The first-order valence-corrected chi connectivity index (χ1v) is 6.20. The molecule has 0 saturated carbocycles. The van der Waals surface area contributed by atoms with Crippen molar-refractivity contribution in [1.82, 2.24) is 9.80 Å². The van der Waals surface area contributed by atoms with Crippen molar-refractivity contribution in [2.75, 3.05) is 32.8 Å². The molecule has 110 valence electrons. The first-order valence-electron chi connectivity index (χ1n) is 6.20. The van der Waals surface area contributed by atoms with Gasteiger partial charge in [-0.05, 0) is 6.92 Å². The van der Waals surface area contributed by atoms with Crippen LogP contribution in [0, 0.1) is 0 Å². The van der Waals surface area contributed by atoms with Gasteiger partial charge < -0.3 is 20.3 Å². The summed E-state index contributed by atoms with van der Waals surface area (Å²) in [5.41, 5.74) is 5.41. The lowest BCUT2D eigenvalue weighted by atomic mass is 10.2. The summed E-state index contributed by atoms with van der Waals surface area (Å²) < 4.78 is 29.1. The topological polar surface area (TPSA) is 75.9 Å². The number of alkyl halides is 2. The van der Waals surface area contributed by atoms with Gasteiger partial charge >= 0.3 is 6.09 Å². The Balaban J connectivity index is 2.40. The predicted octanol–water partition coefficient (Wildman–Crippen LogP) is 0.270. The summed E-state index contributed by atoms with van der Waals surface area (Å²) in [6.45, 7) is 3.22. The van der Waals surface area contributed by atoms with E-state index in [9.17, 15) is 18.4 Å². The van der Waals surface area contributed by atoms with Crippen molar-refractivity contribution in [2.45, 2.75) is 25.8 Å². The van der Waals surface area contributed by atoms with E-state index >= 15 is 0 Å². The maximum absolute atomic E-state index is 12.1. The molecule has 0 bridgehead atoms. The molecule has 0 aliphatic carbocycles. The van der Waals surface area contributed by atoms with Crippen molar-refractivity contribution in [3.63, 3.8) is 0 Å². The summed E-state index contributed by atoms with van der Waals surface area (Å²) in [6, 6.07) is -1.19. The number of halogens is 2. The first kappa shape index (κ1) is 15.6. The minimum atomic E-state index is -2.60. The van der Waals surface area contributed by atoms with Crippen LogP contribution in [0.1, 0.15) is 13.3 Å². The molecule has 0 aromatic heterocycles. The molecule has 0 spiro atoms. The molecule has 1 saturated heterocycles. The van der Waals surface area contributed by atoms with Gasteiger partial charge in [0.2, 0.25) is 12.3 Å². The number of hydrogen-bond donors (Lipinski definition) is 1. The van der Waals surface area contributed by atoms with Gasteiger partial charge in [-0.15, -0.1) is 0 Å². The van der Waals surface area contributed by atoms with Gasteiger partial charge in [0.15, 0.2) is 0 Å². The van der Waals surface area contributed by atoms with Crippen LogP contribution < -0.4 is 5.73 Å². The highest BCUT2D eigenvalue weighted by Crippen LogP contribution is 2.09. The van der Waals surface area contributed by atoms with Gasteiger partial charge in [0.1, 0.15) is 0 Å². The predicted molar refractivity (Wildman–Crippen MR) is 63.8 cm³/mol. The smallest absolute Gasteiger partial charge is 0.409 e. The number of rotatable bonds is 4. The molecule has 1 aliphatic rings. The lowest BCUT2D eigenvalue weighted by Gasteiger charge is -2.35. The number of ether oxygens (including phenoxy) is 1. The minimum absolute atomic E-state index is 0.286. The molecule has 2 N–H and O–H groups in total. The van der Waals surface area contributed by atoms with E-state index in [1.807, 2.05) is 0 Å². The average Bonchev–Trinajstić information content (AvgIpc) is 2.37. The highest BCUT2D eigenvalue weighted by molar-refractivity contribution is 5.82. The molecular formula is C11H19F2N3O3. The molecule has 19 heavy (non-hydrogen) atoms. The van der Waals surface area contributed by atoms with Gasteiger partial charge in [0.25, 0.3) is 0 Å². The Morgan fingerprint density at radius 2 is 1.74 bits per heavy atom. The molecule has 1 atom stereocenters. The van der Waals surface area contributed by atoms with E-state index in [1.54, 1.807) is 6.92 Å².